The number of hydrogen-bond acceptors (Lipinski definition) is 6. The lowest BCUT2D eigenvalue weighted by atomic mass is 10.1. The molecule has 7 heteroatoms. The van der Waals surface area contributed by atoms with Crippen LogP contribution in [0.5, 0.6) is 5.75 Å². The van der Waals surface area contributed by atoms with Gasteiger partial charge in [0.2, 0.25) is 0 Å². The second kappa shape index (κ2) is 7.03. The Labute approximate surface area is 157 Å². The van der Waals surface area contributed by atoms with Crippen LogP contribution in [0.15, 0.2) is 55.0 Å². The molecule has 7 nitrogen and oxygen atoms in total. The summed E-state index contributed by atoms with van der Waals surface area (Å²) >= 11 is 0. The summed E-state index contributed by atoms with van der Waals surface area (Å²) in [6, 6.07) is 11.9. The standard InChI is InChI=1S/C20H20N6O/c1-25-12-11-22-20(25)16-7-9-18(24-23-16)26(2)13-14-6-8-17(27-3)19-15(14)5-4-10-21-19/h4-12H,13H2,1-3H3. The summed E-state index contributed by atoms with van der Waals surface area (Å²) in [6.45, 7) is 0.683. The van der Waals surface area contributed by atoms with Crippen molar-refractivity contribution >= 4 is 16.7 Å². The van der Waals surface area contributed by atoms with Crippen LogP contribution in [0, 0.1) is 0 Å². The molecule has 0 spiro atoms. The molecular formula is C20H20N6O. The Balaban J connectivity index is 1.60. The molecule has 3 heterocycles. The van der Waals surface area contributed by atoms with E-state index in [1.54, 1.807) is 19.5 Å². The van der Waals surface area contributed by atoms with Gasteiger partial charge >= 0.3 is 0 Å². The molecule has 0 unspecified atom stereocenters. The minimum Gasteiger partial charge on any atom is -0.494 e. The van der Waals surface area contributed by atoms with Crippen LogP contribution in [0.2, 0.25) is 0 Å². The number of hydrogen-bond donors (Lipinski definition) is 0. The van der Waals surface area contributed by atoms with Crippen molar-refractivity contribution in [3.05, 3.63) is 60.6 Å². The second-order valence-electron chi connectivity index (χ2n) is 6.32. The van der Waals surface area contributed by atoms with Crippen LogP contribution >= 0.6 is 0 Å². The van der Waals surface area contributed by atoms with E-state index >= 15 is 0 Å². The lowest BCUT2D eigenvalue weighted by Crippen LogP contribution is -2.18. The van der Waals surface area contributed by atoms with Crippen molar-refractivity contribution < 1.29 is 4.74 Å². The Hall–Kier alpha value is -3.48. The zero-order chi connectivity index (χ0) is 18.8. The van der Waals surface area contributed by atoms with Gasteiger partial charge in [0.15, 0.2) is 11.6 Å². The van der Waals surface area contributed by atoms with E-state index in [0.717, 1.165) is 39.6 Å². The molecule has 0 aliphatic rings. The summed E-state index contributed by atoms with van der Waals surface area (Å²) in [5.41, 5.74) is 2.76. The fraction of sp³-hybridized carbons (Fsp3) is 0.200. The highest BCUT2D eigenvalue weighted by Crippen LogP contribution is 2.28. The Kier molecular flexibility index (Phi) is 4.42. The number of rotatable bonds is 5. The van der Waals surface area contributed by atoms with Gasteiger partial charge in [-0.3, -0.25) is 4.98 Å². The number of anilines is 1. The highest BCUT2D eigenvalue weighted by atomic mass is 16.5. The maximum atomic E-state index is 5.42. The van der Waals surface area contributed by atoms with Crippen LogP contribution in [0.4, 0.5) is 5.82 Å². The SMILES string of the molecule is COc1ccc(CN(C)c2ccc(-c3nccn3C)nn2)c2cccnc12. The van der Waals surface area contributed by atoms with Gasteiger partial charge in [0, 0.05) is 44.6 Å². The monoisotopic (exact) mass is 360 g/mol. The predicted molar refractivity (Wildman–Crippen MR) is 105 cm³/mol. The topological polar surface area (TPSA) is 69.0 Å². The quantitative estimate of drug-likeness (QED) is 0.545. The second-order valence-corrected chi connectivity index (χ2v) is 6.32. The van der Waals surface area contributed by atoms with E-state index in [1.165, 1.54) is 0 Å². The molecule has 0 fully saturated rings. The molecule has 0 N–H and O–H groups in total. The highest BCUT2D eigenvalue weighted by Gasteiger charge is 2.12. The molecule has 0 radical (unpaired) electrons. The van der Waals surface area contributed by atoms with Crippen molar-refractivity contribution in [1.29, 1.82) is 0 Å². The van der Waals surface area contributed by atoms with Crippen molar-refractivity contribution in [2.45, 2.75) is 6.54 Å². The first-order valence-corrected chi connectivity index (χ1v) is 8.60. The van der Waals surface area contributed by atoms with Gasteiger partial charge in [-0.05, 0) is 29.8 Å². The number of imidazole rings is 1. The van der Waals surface area contributed by atoms with Crippen LogP contribution in [0.1, 0.15) is 5.56 Å². The average molecular weight is 360 g/mol. The number of nitrogens with zero attached hydrogens (tertiary/aromatic N) is 6. The minimum atomic E-state index is 0.683. The third kappa shape index (κ3) is 3.19. The average Bonchev–Trinajstić information content (AvgIpc) is 3.14. The van der Waals surface area contributed by atoms with Gasteiger partial charge < -0.3 is 14.2 Å². The number of methoxy groups -OCH3 is 1. The fourth-order valence-electron chi connectivity index (χ4n) is 3.11. The minimum absolute atomic E-state index is 0.683. The summed E-state index contributed by atoms with van der Waals surface area (Å²) < 4.78 is 7.34. The summed E-state index contributed by atoms with van der Waals surface area (Å²) in [7, 11) is 5.59. The van der Waals surface area contributed by atoms with E-state index in [4.69, 9.17) is 4.74 Å². The predicted octanol–water partition coefficient (Wildman–Crippen LogP) is 3.07. The number of ether oxygens (including phenoxy) is 1. The van der Waals surface area contributed by atoms with Crippen molar-refractivity contribution in [3.63, 3.8) is 0 Å². The van der Waals surface area contributed by atoms with Gasteiger partial charge in [0.05, 0.1) is 7.11 Å². The van der Waals surface area contributed by atoms with Gasteiger partial charge in [-0.2, -0.15) is 0 Å². The Morgan fingerprint density at radius 1 is 1.04 bits per heavy atom. The van der Waals surface area contributed by atoms with Gasteiger partial charge in [-0.25, -0.2) is 4.98 Å². The molecule has 0 aliphatic carbocycles. The molecule has 0 bridgehead atoms. The number of benzene rings is 1. The molecule has 0 saturated heterocycles. The van der Waals surface area contributed by atoms with Gasteiger partial charge in [-0.1, -0.05) is 12.1 Å². The van der Waals surface area contributed by atoms with Crippen molar-refractivity contribution in [3.8, 4) is 17.3 Å². The Morgan fingerprint density at radius 2 is 1.93 bits per heavy atom. The van der Waals surface area contributed by atoms with Crippen LogP contribution in [0.3, 0.4) is 0 Å². The van der Waals surface area contributed by atoms with Crippen molar-refractivity contribution in [2.24, 2.45) is 7.05 Å². The summed E-state index contributed by atoms with van der Waals surface area (Å²) in [6.07, 6.45) is 5.42. The maximum absolute atomic E-state index is 5.42. The molecular weight excluding hydrogens is 340 g/mol. The van der Waals surface area contributed by atoms with E-state index in [2.05, 4.69) is 37.2 Å². The highest BCUT2D eigenvalue weighted by molar-refractivity contribution is 5.87. The summed E-state index contributed by atoms with van der Waals surface area (Å²) in [5.74, 6) is 2.36. The molecule has 4 rings (SSSR count). The Bertz CT molecular complexity index is 1070. The first-order chi connectivity index (χ1) is 13.2. The van der Waals surface area contributed by atoms with Gasteiger partial charge in [-0.15, -0.1) is 10.2 Å². The largest absolute Gasteiger partial charge is 0.494 e. The molecule has 4 aromatic rings. The van der Waals surface area contributed by atoms with Crippen LogP contribution in [-0.2, 0) is 13.6 Å². The molecule has 0 saturated carbocycles. The maximum Gasteiger partial charge on any atom is 0.160 e. The first-order valence-electron chi connectivity index (χ1n) is 8.60. The normalized spacial score (nSPS) is 10.9. The molecule has 3 aromatic heterocycles. The number of aryl methyl sites for hydroxylation is 1. The third-order valence-electron chi connectivity index (χ3n) is 4.54. The van der Waals surface area contributed by atoms with Gasteiger partial charge in [0.25, 0.3) is 0 Å². The van der Waals surface area contributed by atoms with Crippen molar-refractivity contribution in [1.82, 2.24) is 24.7 Å². The van der Waals surface area contributed by atoms with Gasteiger partial charge in [0.1, 0.15) is 17.0 Å². The van der Waals surface area contributed by atoms with Crippen molar-refractivity contribution in [2.75, 3.05) is 19.1 Å². The molecule has 1 aromatic carbocycles. The molecule has 0 atom stereocenters. The zero-order valence-corrected chi connectivity index (χ0v) is 15.5. The first kappa shape index (κ1) is 17.0. The number of pyridine rings is 1. The Morgan fingerprint density at radius 3 is 2.63 bits per heavy atom. The zero-order valence-electron chi connectivity index (χ0n) is 15.5. The summed E-state index contributed by atoms with van der Waals surface area (Å²) in [4.78, 5) is 10.8. The number of aromatic nitrogens is 5. The smallest absolute Gasteiger partial charge is 0.160 e. The van der Waals surface area contributed by atoms with E-state index < -0.39 is 0 Å². The van der Waals surface area contributed by atoms with Crippen LogP contribution in [0.25, 0.3) is 22.4 Å². The van der Waals surface area contributed by atoms with E-state index in [9.17, 15) is 0 Å². The lowest BCUT2D eigenvalue weighted by molar-refractivity contribution is 0.419. The summed E-state index contributed by atoms with van der Waals surface area (Å²) in [5, 5.41) is 9.77. The fourth-order valence-corrected chi connectivity index (χ4v) is 3.11. The number of fused-ring (bicyclic) bond motifs is 1. The third-order valence-corrected chi connectivity index (χ3v) is 4.54. The molecule has 0 amide bonds. The van der Waals surface area contributed by atoms with Crippen LogP contribution in [-0.4, -0.2) is 38.9 Å². The van der Waals surface area contributed by atoms with E-state index in [1.807, 2.05) is 49.1 Å². The van der Waals surface area contributed by atoms with Crippen LogP contribution < -0.4 is 9.64 Å². The van der Waals surface area contributed by atoms with E-state index in [0.29, 0.717) is 6.54 Å². The van der Waals surface area contributed by atoms with E-state index in [-0.39, 0.29) is 0 Å². The molecule has 136 valence electrons. The molecule has 0 aliphatic heterocycles. The lowest BCUT2D eigenvalue weighted by Gasteiger charge is -2.19. The molecule has 27 heavy (non-hydrogen) atoms.